The molecule has 2 rings (SSSR count). The van der Waals surface area contributed by atoms with Crippen molar-refractivity contribution >= 4 is 0 Å². The van der Waals surface area contributed by atoms with Crippen molar-refractivity contribution in [3.8, 4) is 0 Å². The Bertz CT molecular complexity index is 300. The van der Waals surface area contributed by atoms with E-state index in [1.54, 1.807) is 0 Å². The molecule has 0 spiro atoms. The van der Waals surface area contributed by atoms with Crippen LogP contribution in [0.25, 0.3) is 0 Å². The minimum Gasteiger partial charge on any atom is -0.306 e. The predicted octanol–water partition coefficient (Wildman–Crippen LogP) is 3.86. The third kappa shape index (κ3) is 3.98. The summed E-state index contributed by atoms with van der Waals surface area (Å²) in [7, 11) is 2.28. The van der Waals surface area contributed by atoms with Gasteiger partial charge in [-0.25, -0.2) is 0 Å². The van der Waals surface area contributed by atoms with Crippen LogP contribution in [0.15, 0.2) is 0 Å². The van der Waals surface area contributed by atoms with Gasteiger partial charge in [0.25, 0.3) is 0 Å². The molecule has 0 aromatic heterocycles. The van der Waals surface area contributed by atoms with Crippen molar-refractivity contribution in [3.05, 3.63) is 0 Å². The van der Waals surface area contributed by atoms with Gasteiger partial charge in [0, 0.05) is 18.6 Å². The molecule has 0 aromatic carbocycles. The van der Waals surface area contributed by atoms with Gasteiger partial charge in [-0.2, -0.15) is 0 Å². The zero-order chi connectivity index (χ0) is 14.8. The molecule has 0 saturated carbocycles. The van der Waals surface area contributed by atoms with Crippen molar-refractivity contribution in [1.82, 2.24) is 9.80 Å². The molecule has 1 unspecified atom stereocenters. The second-order valence-corrected chi connectivity index (χ2v) is 8.17. The van der Waals surface area contributed by atoms with Gasteiger partial charge in [0.2, 0.25) is 0 Å². The number of likely N-dealkylation sites (tertiary alicyclic amines) is 2. The maximum absolute atomic E-state index is 2.80. The number of rotatable bonds is 4. The maximum atomic E-state index is 2.80. The van der Waals surface area contributed by atoms with Crippen LogP contribution in [0.4, 0.5) is 0 Å². The van der Waals surface area contributed by atoms with E-state index in [9.17, 15) is 0 Å². The summed E-state index contributed by atoms with van der Waals surface area (Å²) in [5, 5.41) is 0. The third-order valence-corrected chi connectivity index (χ3v) is 6.04. The summed E-state index contributed by atoms with van der Waals surface area (Å²) in [5.41, 5.74) is 0.405. The van der Waals surface area contributed by atoms with Crippen LogP contribution in [0.2, 0.25) is 0 Å². The quantitative estimate of drug-likeness (QED) is 0.771. The fourth-order valence-corrected chi connectivity index (χ4v) is 4.39. The molecule has 2 aliphatic rings. The van der Waals surface area contributed by atoms with Crippen LogP contribution < -0.4 is 0 Å². The Kier molecular flexibility index (Phi) is 5.53. The molecule has 118 valence electrons. The van der Waals surface area contributed by atoms with Gasteiger partial charge in [-0.3, -0.25) is 4.90 Å². The standard InChI is InChI=1S/C18H36N2/c1-6-15(2)17-9-11-20(18(3,4)12-17)14-16-8-7-10-19(5)13-16/h15-17H,6-14H2,1-5H3/t15?,16-,17+/m0/s1. The van der Waals surface area contributed by atoms with E-state index in [2.05, 4.69) is 44.5 Å². The molecule has 0 aliphatic carbocycles. The van der Waals surface area contributed by atoms with Gasteiger partial charge in [0.1, 0.15) is 0 Å². The first kappa shape index (κ1) is 16.3. The van der Waals surface area contributed by atoms with Gasteiger partial charge in [0.05, 0.1) is 0 Å². The summed E-state index contributed by atoms with van der Waals surface area (Å²) in [6.07, 6.45) is 6.98. The van der Waals surface area contributed by atoms with Gasteiger partial charge in [-0.15, -0.1) is 0 Å². The van der Waals surface area contributed by atoms with Crippen molar-refractivity contribution in [2.24, 2.45) is 17.8 Å². The van der Waals surface area contributed by atoms with Crippen molar-refractivity contribution in [3.63, 3.8) is 0 Å². The van der Waals surface area contributed by atoms with Gasteiger partial charge < -0.3 is 4.90 Å². The van der Waals surface area contributed by atoms with E-state index in [0.29, 0.717) is 5.54 Å². The summed E-state index contributed by atoms with van der Waals surface area (Å²) >= 11 is 0. The molecule has 2 heteroatoms. The molecule has 0 bridgehead atoms. The number of nitrogens with zero attached hydrogens (tertiary/aromatic N) is 2. The molecule has 0 N–H and O–H groups in total. The fourth-order valence-electron chi connectivity index (χ4n) is 4.39. The van der Waals surface area contributed by atoms with E-state index in [1.807, 2.05) is 0 Å². The zero-order valence-electron chi connectivity index (χ0n) is 14.5. The molecule has 20 heavy (non-hydrogen) atoms. The van der Waals surface area contributed by atoms with Crippen LogP contribution in [0.1, 0.15) is 59.8 Å². The summed E-state index contributed by atoms with van der Waals surface area (Å²) in [6, 6.07) is 0. The molecule has 3 atom stereocenters. The topological polar surface area (TPSA) is 6.48 Å². The molecule has 2 fully saturated rings. The van der Waals surface area contributed by atoms with Crippen molar-refractivity contribution in [2.75, 3.05) is 33.2 Å². The van der Waals surface area contributed by atoms with Crippen LogP contribution in [-0.4, -0.2) is 48.6 Å². The fraction of sp³-hybridized carbons (Fsp3) is 1.00. The summed E-state index contributed by atoms with van der Waals surface area (Å²) in [6.45, 7) is 15.0. The number of hydrogen-bond donors (Lipinski definition) is 0. The Morgan fingerprint density at radius 1 is 1.20 bits per heavy atom. The van der Waals surface area contributed by atoms with E-state index in [0.717, 1.165) is 17.8 Å². The lowest BCUT2D eigenvalue weighted by Gasteiger charge is -2.49. The summed E-state index contributed by atoms with van der Waals surface area (Å²) < 4.78 is 0. The molecule has 0 radical (unpaired) electrons. The molecule has 0 aromatic rings. The summed E-state index contributed by atoms with van der Waals surface area (Å²) in [4.78, 5) is 5.32. The normalized spacial score (nSPS) is 34.0. The highest BCUT2D eigenvalue weighted by Gasteiger charge is 2.37. The Hall–Kier alpha value is -0.0800. The Morgan fingerprint density at radius 3 is 2.55 bits per heavy atom. The first-order chi connectivity index (χ1) is 9.42. The highest BCUT2D eigenvalue weighted by molar-refractivity contribution is 4.92. The highest BCUT2D eigenvalue weighted by atomic mass is 15.2. The minimum atomic E-state index is 0.405. The van der Waals surface area contributed by atoms with Crippen LogP contribution in [0, 0.1) is 17.8 Å². The van der Waals surface area contributed by atoms with Crippen LogP contribution in [-0.2, 0) is 0 Å². The SMILES string of the molecule is CCC(C)[C@@H]1CCN(C[C@H]2CCCN(C)C2)C(C)(C)C1. The number of hydrogen-bond acceptors (Lipinski definition) is 2. The third-order valence-electron chi connectivity index (χ3n) is 6.04. The summed E-state index contributed by atoms with van der Waals surface area (Å²) in [5.74, 6) is 2.74. The molecule has 2 aliphatic heterocycles. The van der Waals surface area contributed by atoms with Gasteiger partial charge in [-0.1, -0.05) is 20.3 Å². The predicted molar refractivity (Wildman–Crippen MR) is 88.1 cm³/mol. The van der Waals surface area contributed by atoms with E-state index in [-0.39, 0.29) is 0 Å². The van der Waals surface area contributed by atoms with Gasteiger partial charge in [-0.05, 0) is 77.4 Å². The molecule has 0 amide bonds. The van der Waals surface area contributed by atoms with Crippen molar-refractivity contribution in [1.29, 1.82) is 0 Å². The molecular formula is C18H36N2. The second kappa shape index (κ2) is 6.79. The van der Waals surface area contributed by atoms with E-state index >= 15 is 0 Å². The van der Waals surface area contributed by atoms with E-state index < -0.39 is 0 Å². The Balaban J connectivity index is 1.89. The van der Waals surface area contributed by atoms with Gasteiger partial charge in [0.15, 0.2) is 0 Å². The zero-order valence-corrected chi connectivity index (χ0v) is 14.5. The molecule has 2 nitrogen and oxygen atoms in total. The van der Waals surface area contributed by atoms with Crippen molar-refractivity contribution < 1.29 is 0 Å². The van der Waals surface area contributed by atoms with Crippen molar-refractivity contribution in [2.45, 2.75) is 65.3 Å². The largest absolute Gasteiger partial charge is 0.306 e. The first-order valence-corrected chi connectivity index (χ1v) is 8.86. The van der Waals surface area contributed by atoms with Crippen LogP contribution in [0.5, 0.6) is 0 Å². The lowest BCUT2D eigenvalue weighted by atomic mass is 9.75. The molecular weight excluding hydrogens is 244 g/mol. The molecule has 2 heterocycles. The van der Waals surface area contributed by atoms with E-state index in [1.165, 1.54) is 58.3 Å². The first-order valence-electron chi connectivity index (χ1n) is 8.86. The highest BCUT2D eigenvalue weighted by Crippen LogP contribution is 2.37. The average Bonchev–Trinajstić information content (AvgIpc) is 2.40. The Labute approximate surface area is 126 Å². The lowest BCUT2D eigenvalue weighted by molar-refractivity contribution is 0.00929. The minimum absolute atomic E-state index is 0.405. The van der Waals surface area contributed by atoms with Crippen LogP contribution in [0.3, 0.4) is 0 Å². The van der Waals surface area contributed by atoms with E-state index in [4.69, 9.17) is 0 Å². The monoisotopic (exact) mass is 280 g/mol. The van der Waals surface area contributed by atoms with Crippen LogP contribution >= 0.6 is 0 Å². The average molecular weight is 280 g/mol. The maximum Gasteiger partial charge on any atom is 0.0156 e. The Morgan fingerprint density at radius 2 is 1.95 bits per heavy atom. The smallest absolute Gasteiger partial charge is 0.0156 e. The second-order valence-electron chi connectivity index (χ2n) is 8.17. The van der Waals surface area contributed by atoms with Gasteiger partial charge >= 0.3 is 0 Å². The molecule has 2 saturated heterocycles. The number of piperidine rings is 2. The lowest BCUT2D eigenvalue weighted by Crippen LogP contribution is -2.53.